The van der Waals surface area contributed by atoms with Crippen molar-refractivity contribution in [3.05, 3.63) is 23.8 Å². The van der Waals surface area contributed by atoms with Gasteiger partial charge < -0.3 is 15.2 Å². The van der Waals surface area contributed by atoms with Crippen molar-refractivity contribution in [3.8, 4) is 5.82 Å². The summed E-state index contributed by atoms with van der Waals surface area (Å²) >= 11 is 0. The van der Waals surface area contributed by atoms with Crippen LogP contribution in [0.25, 0.3) is 5.82 Å². The number of nitrogens with two attached hydrogens (primary N) is 1. The van der Waals surface area contributed by atoms with Crippen LogP contribution in [0.3, 0.4) is 0 Å². The Bertz CT molecular complexity index is 668. The van der Waals surface area contributed by atoms with Gasteiger partial charge in [-0.05, 0) is 0 Å². The Morgan fingerprint density at radius 1 is 1.20 bits per heavy atom. The molecule has 10 heteroatoms. The van der Waals surface area contributed by atoms with Crippen molar-refractivity contribution in [2.45, 2.75) is 0 Å². The lowest BCUT2D eigenvalue weighted by Crippen LogP contribution is -2.16. The third kappa shape index (κ3) is 2.25. The third-order valence-electron chi connectivity index (χ3n) is 2.29. The quantitative estimate of drug-likeness (QED) is 0.716. The molecule has 0 aliphatic rings. The monoisotopic (exact) mass is 278 g/mol. The van der Waals surface area contributed by atoms with Crippen LogP contribution in [0.4, 0.5) is 5.82 Å². The fourth-order valence-electron chi connectivity index (χ4n) is 1.43. The van der Waals surface area contributed by atoms with Gasteiger partial charge in [0, 0.05) is 0 Å². The van der Waals surface area contributed by atoms with Crippen LogP contribution in [-0.4, -0.2) is 51.1 Å². The predicted molar refractivity (Wildman–Crippen MR) is 64.0 cm³/mol. The van der Waals surface area contributed by atoms with Crippen molar-refractivity contribution in [2.75, 3.05) is 20.0 Å². The summed E-state index contributed by atoms with van der Waals surface area (Å²) in [5.74, 6) is -1.41. The Balaban J connectivity index is 2.62. The minimum atomic E-state index is -0.825. The van der Waals surface area contributed by atoms with Crippen molar-refractivity contribution in [3.63, 3.8) is 0 Å². The highest BCUT2D eigenvalue weighted by molar-refractivity contribution is 6.00. The highest BCUT2D eigenvalue weighted by Gasteiger charge is 2.28. The number of esters is 2. The van der Waals surface area contributed by atoms with E-state index in [0.717, 1.165) is 18.9 Å². The maximum Gasteiger partial charge on any atom is 0.361 e. The number of anilines is 1. The van der Waals surface area contributed by atoms with Crippen LogP contribution in [0.2, 0.25) is 0 Å². The summed E-state index contributed by atoms with van der Waals surface area (Å²) in [6.45, 7) is 0. The Morgan fingerprint density at radius 2 is 1.90 bits per heavy atom. The van der Waals surface area contributed by atoms with Gasteiger partial charge in [-0.25, -0.2) is 14.6 Å². The van der Waals surface area contributed by atoms with Crippen LogP contribution >= 0.6 is 0 Å². The molecule has 0 saturated carbocycles. The molecule has 0 aromatic carbocycles. The Morgan fingerprint density at radius 3 is 2.50 bits per heavy atom. The lowest BCUT2D eigenvalue weighted by atomic mass is 10.3. The number of carbonyl (C=O) groups is 2. The number of methoxy groups -OCH3 is 2. The number of ether oxygens (including phenoxy) is 2. The lowest BCUT2D eigenvalue weighted by molar-refractivity contribution is 0.0545. The molecule has 10 nitrogen and oxygen atoms in total. The van der Waals surface area contributed by atoms with Crippen molar-refractivity contribution in [1.29, 1.82) is 0 Å². The zero-order valence-corrected chi connectivity index (χ0v) is 10.6. The Labute approximate surface area is 112 Å². The van der Waals surface area contributed by atoms with Gasteiger partial charge >= 0.3 is 11.9 Å². The van der Waals surface area contributed by atoms with Gasteiger partial charge in [-0.15, -0.1) is 5.10 Å². The molecule has 2 aromatic heterocycles. The SMILES string of the molecule is COC(=O)c1nnn(-c2cncc(N)n2)c1C(=O)OC. The van der Waals surface area contributed by atoms with Crippen molar-refractivity contribution >= 4 is 17.8 Å². The summed E-state index contributed by atoms with van der Waals surface area (Å²) in [5, 5.41) is 7.26. The van der Waals surface area contributed by atoms with Gasteiger partial charge in [0.2, 0.25) is 5.69 Å². The van der Waals surface area contributed by atoms with Crippen molar-refractivity contribution < 1.29 is 19.1 Å². The number of hydrogen-bond acceptors (Lipinski definition) is 9. The molecular weight excluding hydrogens is 268 g/mol. The first kappa shape index (κ1) is 13.4. The number of hydrogen-bond donors (Lipinski definition) is 1. The number of rotatable bonds is 3. The molecule has 0 bridgehead atoms. The molecule has 0 fully saturated rings. The molecule has 0 saturated heterocycles. The molecule has 2 heterocycles. The molecule has 2 rings (SSSR count). The third-order valence-corrected chi connectivity index (χ3v) is 2.29. The van der Waals surface area contributed by atoms with E-state index < -0.39 is 11.9 Å². The fourth-order valence-corrected chi connectivity index (χ4v) is 1.43. The van der Waals surface area contributed by atoms with Crippen LogP contribution < -0.4 is 5.73 Å². The zero-order chi connectivity index (χ0) is 14.7. The Kier molecular flexibility index (Phi) is 3.55. The normalized spacial score (nSPS) is 10.1. The summed E-state index contributed by atoms with van der Waals surface area (Å²) in [4.78, 5) is 31.1. The minimum absolute atomic E-state index is 0.119. The molecule has 0 unspecified atom stereocenters. The lowest BCUT2D eigenvalue weighted by Gasteiger charge is -2.04. The largest absolute Gasteiger partial charge is 0.464 e. The van der Waals surface area contributed by atoms with Gasteiger partial charge in [0.05, 0.1) is 26.6 Å². The van der Waals surface area contributed by atoms with Gasteiger partial charge in [-0.2, -0.15) is 4.68 Å². The van der Waals surface area contributed by atoms with Gasteiger partial charge in [0.25, 0.3) is 0 Å². The maximum absolute atomic E-state index is 11.8. The molecule has 2 aromatic rings. The fraction of sp³-hybridized carbons (Fsp3) is 0.200. The highest BCUT2D eigenvalue weighted by atomic mass is 16.5. The summed E-state index contributed by atoms with van der Waals surface area (Å²) < 4.78 is 10.1. The van der Waals surface area contributed by atoms with E-state index >= 15 is 0 Å². The van der Waals surface area contributed by atoms with Crippen LogP contribution in [0.15, 0.2) is 12.4 Å². The molecule has 104 valence electrons. The molecule has 0 atom stereocenters. The average Bonchev–Trinajstić information content (AvgIpc) is 2.90. The average molecular weight is 278 g/mol. The van der Waals surface area contributed by atoms with Crippen LogP contribution in [0, 0.1) is 0 Å². The van der Waals surface area contributed by atoms with E-state index in [-0.39, 0.29) is 23.0 Å². The van der Waals surface area contributed by atoms with Crippen LogP contribution in [0.1, 0.15) is 21.0 Å². The van der Waals surface area contributed by atoms with Crippen LogP contribution in [0.5, 0.6) is 0 Å². The summed E-state index contributed by atoms with van der Waals surface area (Å²) in [6, 6.07) is 0. The van der Waals surface area contributed by atoms with E-state index in [1.165, 1.54) is 12.4 Å². The molecule has 0 radical (unpaired) electrons. The zero-order valence-electron chi connectivity index (χ0n) is 10.6. The smallest absolute Gasteiger partial charge is 0.361 e. The second-order valence-electron chi connectivity index (χ2n) is 3.48. The van der Waals surface area contributed by atoms with Gasteiger partial charge in [0.1, 0.15) is 5.82 Å². The predicted octanol–water partition coefficient (Wildman–Crippen LogP) is -0.787. The van der Waals surface area contributed by atoms with Crippen molar-refractivity contribution in [1.82, 2.24) is 25.0 Å². The van der Waals surface area contributed by atoms with E-state index in [4.69, 9.17) is 5.73 Å². The molecule has 20 heavy (non-hydrogen) atoms. The second-order valence-corrected chi connectivity index (χ2v) is 3.48. The van der Waals surface area contributed by atoms with E-state index in [1.54, 1.807) is 0 Å². The first-order chi connectivity index (χ1) is 9.58. The van der Waals surface area contributed by atoms with E-state index in [9.17, 15) is 9.59 Å². The molecular formula is C10H10N6O4. The Hall–Kier alpha value is -3.04. The maximum atomic E-state index is 11.8. The standard InChI is InChI=1S/C10H10N6O4/c1-19-9(17)7-8(10(18)20-2)16(15-14-7)6-4-12-3-5(11)13-6/h3-4H,1-2H3,(H2,11,13). The molecule has 0 amide bonds. The number of carbonyl (C=O) groups excluding carboxylic acids is 2. The van der Waals surface area contributed by atoms with E-state index in [0.29, 0.717) is 0 Å². The molecule has 0 aliphatic heterocycles. The van der Waals surface area contributed by atoms with Crippen molar-refractivity contribution in [2.24, 2.45) is 0 Å². The summed E-state index contributed by atoms with van der Waals surface area (Å²) in [6.07, 6.45) is 2.62. The van der Waals surface area contributed by atoms with E-state index in [1.807, 2.05) is 0 Å². The second kappa shape index (κ2) is 5.30. The van der Waals surface area contributed by atoms with Gasteiger partial charge in [-0.1, -0.05) is 5.21 Å². The number of aromatic nitrogens is 5. The van der Waals surface area contributed by atoms with Gasteiger partial charge in [-0.3, -0.25) is 4.98 Å². The minimum Gasteiger partial charge on any atom is -0.464 e. The first-order valence-electron chi connectivity index (χ1n) is 5.28. The molecule has 2 N–H and O–H groups in total. The molecule has 0 spiro atoms. The first-order valence-corrected chi connectivity index (χ1v) is 5.28. The van der Waals surface area contributed by atoms with Crippen LogP contribution in [-0.2, 0) is 9.47 Å². The van der Waals surface area contributed by atoms with E-state index in [2.05, 4.69) is 29.8 Å². The highest BCUT2D eigenvalue weighted by Crippen LogP contribution is 2.13. The number of nitrogen functional groups attached to an aromatic ring is 1. The summed E-state index contributed by atoms with van der Waals surface area (Å²) in [7, 11) is 2.31. The van der Waals surface area contributed by atoms with Gasteiger partial charge in [0.15, 0.2) is 11.5 Å². The molecule has 0 aliphatic carbocycles. The topological polar surface area (TPSA) is 135 Å². The summed E-state index contributed by atoms with van der Waals surface area (Å²) in [5.41, 5.74) is 4.99. The number of nitrogens with zero attached hydrogens (tertiary/aromatic N) is 5.